The monoisotopic (exact) mass is 361 g/mol. The summed E-state index contributed by atoms with van der Waals surface area (Å²) in [6.07, 6.45) is 3.48. The van der Waals surface area contributed by atoms with Crippen LogP contribution in [0.3, 0.4) is 0 Å². The molecular weight excluding hydrogens is 342 g/mol. The lowest BCUT2D eigenvalue weighted by Crippen LogP contribution is -2.35. The van der Waals surface area contributed by atoms with Gasteiger partial charge in [0.05, 0.1) is 23.8 Å². The van der Waals surface area contributed by atoms with E-state index in [9.17, 15) is 9.59 Å². The first kappa shape index (κ1) is 16.0. The molecule has 2 amide bonds. The van der Waals surface area contributed by atoms with Crippen molar-refractivity contribution in [3.63, 3.8) is 0 Å². The highest BCUT2D eigenvalue weighted by atomic mass is 16.2. The first-order chi connectivity index (χ1) is 13.1. The van der Waals surface area contributed by atoms with Gasteiger partial charge in [-0.2, -0.15) is 0 Å². The predicted octanol–water partition coefficient (Wildman–Crippen LogP) is 1.59. The normalized spacial score (nSPS) is 22.1. The fourth-order valence-corrected chi connectivity index (χ4v) is 4.22. The van der Waals surface area contributed by atoms with Gasteiger partial charge in [-0.05, 0) is 11.6 Å². The van der Waals surface area contributed by atoms with Gasteiger partial charge in [-0.15, -0.1) is 0 Å². The van der Waals surface area contributed by atoms with Crippen molar-refractivity contribution in [1.29, 1.82) is 0 Å². The van der Waals surface area contributed by atoms with E-state index in [1.807, 2.05) is 54.2 Å². The molecule has 136 valence electrons. The highest BCUT2D eigenvalue weighted by Gasteiger charge is 2.52. The molecule has 2 unspecified atom stereocenters. The topological polar surface area (TPSA) is 71.3 Å². The molecule has 3 aromatic rings. The van der Waals surface area contributed by atoms with E-state index in [1.54, 1.807) is 0 Å². The van der Waals surface area contributed by atoms with E-state index < -0.39 is 0 Å². The molecule has 2 aliphatic heterocycles. The highest BCUT2D eigenvalue weighted by Crippen LogP contribution is 2.37. The first-order valence-electron chi connectivity index (χ1n) is 9.03. The van der Waals surface area contributed by atoms with Crippen LogP contribution < -0.4 is 4.90 Å². The number of likely N-dealkylation sites (tertiary alicyclic amines) is 1. The lowest BCUT2D eigenvalue weighted by Gasteiger charge is -2.22. The molecule has 27 heavy (non-hydrogen) atoms. The van der Waals surface area contributed by atoms with Gasteiger partial charge >= 0.3 is 0 Å². The van der Waals surface area contributed by atoms with E-state index in [2.05, 4.69) is 14.9 Å². The molecule has 1 aromatic carbocycles. The van der Waals surface area contributed by atoms with Crippen LogP contribution in [0.2, 0.25) is 0 Å². The molecule has 7 nitrogen and oxygen atoms in total. The van der Waals surface area contributed by atoms with Crippen molar-refractivity contribution in [2.24, 2.45) is 18.9 Å². The quantitative estimate of drug-likeness (QED) is 0.663. The second kappa shape index (κ2) is 5.90. The zero-order valence-corrected chi connectivity index (χ0v) is 14.9. The minimum atomic E-state index is -0.296. The molecule has 0 N–H and O–H groups in total. The number of aromatic nitrogens is 3. The average molecular weight is 361 g/mol. The maximum atomic E-state index is 12.9. The molecule has 0 saturated carbocycles. The molecule has 2 saturated heterocycles. The Hall–Kier alpha value is -3.22. The largest absolute Gasteiger partial charge is 0.354 e. The standard InChI is InChI=1S/C20H19N5O2/c1-23-8-7-14-17(23)21-12-22-18(14)24-10-15-16(11-24)20(27)25(19(15)26)9-13-5-3-2-4-6-13/h2-8,12,15-16H,9-11H2,1H3. The summed E-state index contributed by atoms with van der Waals surface area (Å²) >= 11 is 0. The van der Waals surface area contributed by atoms with Crippen molar-refractivity contribution in [3.8, 4) is 0 Å². The van der Waals surface area contributed by atoms with Gasteiger partial charge in [-0.1, -0.05) is 30.3 Å². The molecule has 0 bridgehead atoms. The second-order valence-corrected chi connectivity index (χ2v) is 7.23. The number of hydrogen-bond donors (Lipinski definition) is 0. The number of rotatable bonds is 3. The van der Waals surface area contributed by atoms with E-state index in [4.69, 9.17) is 0 Å². The predicted molar refractivity (Wildman–Crippen MR) is 99.7 cm³/mol. The number of nitrogens with zero attached hydrogens (tertiary/aromatic N) is 5. The molecule has 2 aliphatic rings. The third-order valence-corrected chi connectivity index (χ3v) is 5.61. The number of hydrogen-bond acceptors (Lipinski definition) is 5. The minimum Gasteiger partial charge on any atom is -0.354 e. The molecule has 0 radical (unpaired) electrons. The summed E-state index contributed by atoms with van der Waals surface area (Å²) in [6.45, 7) is 1.38. The maximum Gasteiger partial charge on any atom is 0.235 e. The molecule has 5 rings (SSSR count). The molecular formula is C20H19N5O2. The Morgan fingerprint density at radius 2 is 1.70 bits per heavy atom. The molecule has 0 spiro atoms. The number of carbonyl (C=O) groups excluding carboxylic acids is 2. The van der Waals surface area contributed by atoms with Crippen LogP contribution in [0.5, 0.6) is 0 Å². The van der Waals surface area contributed by atoms with Gasteiger partial charge in [-0.3, -0.25) is 14.5 Å². The summed E-state index contributed by atoms with van der Waals surface area (Å²) in [5, 5.41) is 0.945. The van der Waals surface area contributed by atoms with Crippen LogP contribution in [0.15, 0.2) is 48.9 Å². The van der Waals surface area contributed by atoms with Crippen molar-refractivity contribution >= 4 is 28.7 Å². The summed E-state index contributed by atoms with van der Waals surface area (Å²) in [7, 11) is 1.94. The third kappa shape index (κ3) is 2.42. The molecule has 7 heteroatoms. The SMILES string of the molecule is Cn1ccc2c(N3CC4C(=O)N(Cc5ccccc5)C(=O)C4C3)ncnc21. The second-order valence-electron chi connectivity index (χ2n) is 7.23. The van der Waals surface area contributed by atoms with Crippen LogP contribution >= 0.6 is 0 Å². The fraction of sp³-hybridized carbons (Fsp3) is 0.300. The molecule has 2 aromatic heterocycles. The van der Waals surface area contributed by atoms with Crippen LogP contribution in [0.1, 0.15) is 5.56 Å². The van der Waals surface area contributed by atoms with Crippen molar-refractivity contribution < 1.29 is 9.59 Å². The Bertz CT molecular complexity index is 1020. The van der Waals surface area contributed by atoms with Gasteiger partial charge in [0.2, 0.25) is 11.8 Å². The number of fused-ring (bicyclic) bond motifs is 2. The van der Waals surface area contributed by atoms with E-state index in [0.717, 1.165) is 22.4 Å². The Morgan fingerprint density at radius 1 is 1.00 bits per heavy atom. The Kier molecular flexibility index (Phi) is 3.50. The van der Waals surface area contributed by atoms with E-state index >= 15 is 0 Å². The molecule has 0 aliphatic carbocycles. The zero-order chi connectivity index (χ0) is 18.5. The number of aryl methyl sites for hydroxylation is 1. The molecule has 2 fully saturated rings. The number of imide groups is 1. The van der Waals surface area contributed by atoms with Crippen molar-refractivity contribution in [1.82, 2.24) is 19.4 Å². The van der Waals surface area contributed by atoms with Crippen LogP contribution in [-0.4, -0.2) is 44.3 Å². The number of amides is 2. The number of carbonyl (C=O) groups is 2. The Balaban J connectivity index is 1.40. The van der Waals surface area contributed by atoms with Gasteiger partial charge in [0.15, 0.2) is 0 Å². The Morgan fingerprint density at radius 3 is 2.41 bits per heavy atom. The van der Waals surface area contributed by atoms with Crippen molar-refractivity contribution in [2.75, 3.05) is 18.0 Å². The van der Waals surface area contributed by atoms with Crippen LogP contribution in [0, 0.1) is 11.8 Å². The minimum absolute atomic E-state index is 0.0743. The smallest absolute Gasteiger partial charge is 0.235 e. The van der Waals surface area contributed by atoms with E-state index in [-0.39, 0.29) is 23.7 Å². The van der Waals surface area contributed by atoms with Gasteiger partial charge in [0.25, 0.3) is 0 Å². The van der Waals surface area contributed by atoms with Crippen molar-refractivity contribution in [3.05, 3.63) is 54.5 Å². The average Bonchev–Trinajstić information content (AvgIpc) is 3.35. The van der Waals surface area contributed by atoms with Gasteiger partial charge in [0.1, 0.15) is 17.8 Å². The third-order valence-electron chi connectivity index (χ3n) is 5.61. The molecule has 2 atom stereocenters. The number of benzene rings is 1. The van der Waals surface area contributed by atoms with E-state index in [0.29, 0.717) is 19.6 Å². The lowest BCUT2D eigenvalue weighted by molar-refractivity contribution is -0.140. The fourth-order valence-electron chi connectivity index (χ4n) is 4.22. The van der Waals surface area contributed by atoms with Crippen molar-refractivity contribution in [2.45, 2.75) is 6.54 Å². The van der Waals surface area contributed by atoms with Crippen LogP contribution in [0.4, 0.5) is 5.82 Å². The summed E-state index contributed by atoms with van der Waals surface area (Å²) < 4.78 is 1.94. The van der Waals surface area contributed by atoms with Gasteiger partial charge in [-0.25, -0.2) is 9.97 Å². The first-order valence-corrected chi connectivity index (χ1v) is 9.03. The van der Waals surface area contributed by atoms with Crippen LogP contribution in [0.25, 0.3) is 11.0 Å². The Labute approximate surface area is 156 Å². The van der Waals surface area contributed by atoms with E-state index in [1.165, 1.54) is 11.2 Å². The highest BCUT2D eigenvalue weighted by molar-refractivity contribution is 6.06. The summed E-state index contributed by atoms with van der Waals surface area (Å²) in [4.78, 5) is 38.0. The summed E-state index contributed by atoms with van der Waals surface area (Å²) in [5.41, 5.74) is 1.82. The summed E-state index contributed by atoms with van der Waals surface area (Å²) in [5.74, 6) is 0.0551. The lowest BCUT2D eigenvalue weighted by atomic mass is 10.00. The zero-order valence-electron chi connectivity index (χ0n) is 14.9. The number of anilines is 1. The maximum absolute atomic E-state index is 12.9. The van der Waals surface area contributed by atoms with Gasteiger partial charge in [0, 0.05) is 26.3 Å². The van der Waals surface area contributed by atoms with Crippen LogP contribution in [-0.2, 0) is 23.2 Å². The molecule has 4 heterocycles. The summed E-state index contributed by atoms with van der Waals surface area (Å²) in [6, 6.07) is 11.6. The van der Waals surface area contributed by atoms with Gasteiger partial charge < -0.3 is 9.47 Å².